The molecule has 2 aromatic rings. The van der Waals surface area contributed by atoms with Gasteiger partial charge in [0.05, 0.1) is 5.56 Å². The molecule has 0 heterocycles. The van der Waals surface area contributed by atoms with Gasteiger partial charge in [-0.05, 0) is 35.9 Å². The monoisotopic (exact) mass is 346 g/mol. The lowest BCUT2D eigenvalue weighted by molar-refractivity contribution is -0.137. The fourth-order valence-electron chi connectivity index (χ4n) is 1.92. The molecule has 0 spiro atoms. The molecule has 128 valence electrons. The van der Waals surface area contributed by atoms with Crippen LogP contribution in [-0.4, -0.2) is 6.18 Å². The van der Waals surface area contributed by atoms with Crippen molar-refractivity contribution in [1.29, 1.82) is 0 Å². The number of benzene rings is 2. The highest BCUT2D eigenvalue weighted by Gasteiger charge is 2.30. The van der Waals surface area contributed by atoms with Gasteiger partial charge in [-0.15, -0.1) is 0 Å². The maximum atomic E-state index is 12.6. The van der Waals surface area contributed by atoms with Crippen LogP contribution in [0, 0.1) is 0 Å². The Kier molecular flexibility index (Phi) is 5.21. The molecule has 0 radical (unpaired) electrons. The van der Waals surface area contributed by atoms with Gasteiger partial charge in [0.25, 0.3) is 0 Å². The van der Waals surface area contributed by atoms with Crippen molar-refractivity contribution in [3.63, 3.8) is 0 Å². The quantitative estimate of drug-likeness (QED) is 0.491. The summed E-state index contributed by atoms with van der Waals surface area (Å²) < 4.78 is 80.4. The molecule has 24 heavy (non-hydrogen) atoms. The Balaban J connectivity index is 2.29. The smallest absolute Gasteiger partial charge is 0.416 e. The molecule has 7 heteroatoms. The minimum Gasteiger partial charge on any atom is -0.482 e. The minimum absolute atomic E-state index is 0.00171. The SMILES string of the molecule is FC(F)(F)/C=C/C(Oc1ccccc1)c1ccc(C(F)(F)F)cc1. The molecule has 0 N–H and O–H groups in total. The standard InChI is InChI=1S/C17H12F6O/c18-16(19,20)11-10-15(24-14-4-2-1-3-5-14)12-6-8-13(9-7-12)17(21,22)23/h1-11,15H/b11-10+. The number of ether oxygens (including phenoxy) is 1. The lowest BCUT2D eigenvalue weighted by atomic mass is 10.1. The van der Waals surface area contributed by atoms with E-state index in [4.69, 9.17) is 4.74 Å². The molecule has 0 bridgehead atoms. The minimum atomic E-state index is -4.55. The summed E-state index contributed by atoms with van der Waals surface area (Å²) in [6, 6.07) is 11.8. The van der Waals surface area contributed by atoms with Gasteiger partial charge in [0.1, 0.15) is 11.9 Å². The Hall–Kier alpha value is -2.44. The largest absolute Gasteiger partial charge is 0.482 e. The second-order valence-corrected chi connectivity index (χ2v) is 4.87. The zero-order valence-electron chi connectivity index (χ0n) is 12.1. The normalized spacial score (nSPS) is 13.9. The van der Waals surface area contributed by atoms with Gasteiger partial charge in [0.15, 0.2) is 0 Å². The highest BCUT2D eigenvalue weighted by Crippen LogP contribution is 2.31. The van der Waals surface area contributed by atoms with Gasteiger partial charge in [0.2, 0.25) is 0 Å². The topological polar surface area (TPSA) is 9.23 Å². The van der Waals surface area contributed by atoms with Crippen molar-refractivity contribution in [1.82, 2.24) is 0 Å². The predicted molar refractivity (Wildman–Crippen MR) is 76.5 cm³/mol. The zero-order chi connectivity index (χ0) is 17.8. The maximum absolute atomic E-state index is 12.6. The third-order valence-electron chi connectivity index (χ3n) is 3.03. The van der Waals surface area contributed by atoms with Crippen molar-refractivity contribution in [2.75, 3.05) is 0 Å². The van der Waals surface area contributed by atoms with Crippen molar-refractivity contribution in [3.05, 3.63) is 77.9 Å². The van der Waals surface area contributed by atoms with E-state index < -0.39 is 24.0 Å². The van der Waals surface area contributed by atoms with E-state index in [0.29, 0.717) is 5.75 Å². The molecule has 2 aromatic carbocycles. The first kappa shape index (κ1) is 17.9. The molecule has 0 saturated carbocycles. The molecule has 2 rings (SSSR count). The first-order valence-corrected chi connectivity index (χ1v) is 6.80. The summed E-state index contributed by atoms with van der Waals surface area (Å²) in [4.78, 5) is 0. The first-order chi connectivity index (χ1) is 11.1. The maximum Gasteiger partial charge on any atom is 0.416 e. The van der Waals surface area contributed by atoms with E-state index in [9.17, 15) is 26.3 Å². The van der Waals surface area contributed by atoms with E-state index in [0.717, 1.165) is 30.3 Å². The van der Waals surface area contributed by atoms with Crippen molar-refractivity contribution >= 4 is 0 Å². The third kappa shape index (κ3) is 5.33. The number of hydrogen-bond acceptors (Lipinski definition) is 1. The summed E-state index contributed by atoms with van der Waals surface area (Å²) in [7, 11) is 0. The average molecular weight is 346 g/mol. The molecule has 0 aliphatic carbocycles. The lowest BCUT2D eigenvalue weighted by Gasteiger charge is -2.17. The summed E-state index contributed by atoms with van der Waals surface area (Å²) in [5.74, 6) is 0.300. The van der Waals surface area contributed by atoms with Crippen LogP contribution < -0.4 is 4.74 Å². The zero-order valence-corrected chi connectivity index (χ0v) is 12.1. The summed E-state index contributed by atoms with van der Waals surface area (Å²) in [6.07, 6.45) is -9.48. The van der Waals surface area contributed by atoms with Gasteiger partial charge in [0, 0.05) is 6.08 Å². The molecule has 0 aliphatic heterocycles. The molecule has 0 fully saturated rings. The van der Waals surface area contributed by atoms with Crippen LogP contribution in [0.5, 0.6) is 5.75 Å². The summed E-state index contributed by atoms with van der Waals surface area (Å²) in [6.45, 7) is 0. The Morgan fingerprint density at radius 2 is 1.38 bits per heavy atom. The summed E-state index contributed by atoms with van der Waals surface area (Å²) in [5.41, 5.74) is -0.711. The van der Waals surface area contributed by atoms with E-state index in [1.54, 1.807) is 30.3 Å². The van der Waals surface area contributed by atoms with Crippen LogP contribution >= 0.6 is 0 Å². The summed E-state index contributed by atoms with van der Waals surface area (Å²) >= 11 is 0. The predicted octanol–water partition coefficient (Wildman–Crippen LogP) is 5.94. The van der Waals surface area contributed by atoms with E-state index >= 15 is 0 Å². The number of rotatable bonds is 4. The fourth-order valence-corrected chi connectivity index (χ4v) is 1.92. The molecule has 0 amide bonds. The highest BCUT2D eigenvalue weighted by atomic mass is 19.4. The molecule has 0 aromatic heterocycles. The van der Waals surface area contributed by atoms with Gasteiger partial charge in [-0.25, -0.2) is 0 Å². The highest BCUT2D eigenvalue weighted by molar-refractivity contribution is 5.30. The van der Waals surface area contributed by atoms with Crippen LogP contribution in [0.15, 0.2) is 66.7 Å². The van der Waals surface area contributed by atoms with E-state index in [-0.39, 0.29) is 11.6 Å². The van der Waals surface area contributed by atoms with Crippen LogP contribution in [0.2, 0.25) is 0 Å². The van der Waals surface area contributed by atoms with Gasteiger partial charge < -0.3 is 4.74 Å². The van der Waals surface area contributed by atoms with Gasteiger partial charge in [-0.2, -0.15) is 26.3 Å². The van der Waals surface area contributed by atoms with Crippen LogP contribution in [0.3, 0.4) is 0 Å². The van der Waals surface area contributed by atoms with Crippen LogP contribution in [0.4, 0.5) is 26.3 Å². The van der Waals surface area contributed by atoms with Gasteiger partial charge >= 0.3 is 12.4 Å². The molecular weight excluding hydrogens is 334 g/mol. The van der Waals surface area contributed by atoms with Crippen molar-refractivity contribution in [2.24, 2.45) is 0 Å². The Morgan fingerprint density at radius 1 is 0.792 bits per heavy atom. The molecular formula is C17H12F6O. The third-order valence-corrected chi connectivity index (χ3v) is 3.03. The number of hydrogen-bond donors (Lipinski definition) is 0. The molecule has 1 nitrogen and oxygen atoms in total. The molecule has 0 saturated heterocycles. The van der Waals surface area contributed by atoms with Gasteiger partial charge in [-0.1, -0.05) is 30.3 Å². The number of allylic oxidation sites excluding steroid dienone is 1. The van der Waals surface area contributed by atoms with Crippen molar-refractivity contribution in [2.45, 2.75) is 18.5 Å². The van der Waals surface area contributed by atoms with E-state index in [2.05, 4.69) is 0 Å². The van der Waals surface area contributed by atoms with E-state index in [1.165, 1.54) is 0 Å². The Bertz CT molecular complexity index is 671. The Labute approximate surface area is 134 Å². The lowest BCUT2D eigenvalue weighted by Crippen LogP contribution is -2.09. The summed E-state index contributed by atoms with van der Waals surface area (Å²) in [5, 5.41) is 0. The molecule has 1 atom stereocenters. The Morgan fingerprint density at radius 3 is 1.88 bits per heavy atom. The van der Waals surface area contributed by atoms with Crippen molar-refractivity contribution in [3.8, 4) is 5.75 Å². The first-order valence-electron chi connectivity index (χ1n) is 6.80. The molecule has 1 unspecified atom stereocenters. The van der Waals surface area contributed by atoms with E-state index in [1.807, 2.05) is 0 Å². The number of halogens is 6. The van der Waals surface area contributed by atoms with Crippen LogP contribution in [0.25, 0.3) is 0 Å². The molecule has 0 aliphatic rings. The second-order valence-electron chi connectivity index (χ2n) is 4.87. The van der Waals surface area contributed by atoms with Crippen molar-refractivity contribution < 1.29 is 31.1 Å². The number of alkyl halides is 6. The van der Waals surface area contributed by atoms with Gasteiger partial charge in [-0.3, -0.25) is 0 Å². The number of para-hydroxylation sites is 1. The second kappa shape index (κ2) is 6.98. The van der Waals surface area contributed by atoms with Crippen LogP contribution in [0.1, 0.15) is 17.2 Å². The average Bonchev–Trinajstić information content (AvgIpc) is 2.51. The fraction of sp³-hybridized carbons (Fsp3) is 0.176. The van der Waals surface area contributed by atoms with Crippen LogP contribution in [-0.2, 0) is 6.18 Å².